The van der Waals surface area contributed by atoms with Gasteiger partial charge in [-0.3, -0.25) is 0 Å². The minimum atomic E-state index is 0.552. The number of nitrogens with zero attached hydrogens (tertiary/aromatic N) is 1. The first-order valence-corrected chi connectivity index (χ1v) is 7.12. The van der Waals surface area contributed by atoms with E-state index in [1.54, 1.807) is 0 Å². The molecule has 1 heterocycles. The summed E-state index contributed by atoms with van der Waals surface area (Å²) >= 11 is 5.70. The Bertz CT molecular complexity index is 282. The molecule has 92 valence electrons. The van der Waals surface area contributed by atoms with Crippen LogP contribution in [0, 0.1) is 17.3 Å². The average Bonchev–Trinajstić information content (AvgIpc) is 2.15. The number of fused-ring (bicyclic) bond motifs is 1. The van der Waals surface area contributed by atoms with Crippen LogP contribution in [0.2, 0.25) is 0 Å². The van der Waals surface area contributed by atoms with Gasteiger partial charge >= 0.3 is 0 Å². The molecule has 2 fully saturated rings. The van der Waals surface area contributed by atoms with Gasteiger partial charge in [0.15, 0.2) is 0 Å². The zero-order valence-corrected chi connectivity index (χ0v) is 11.9. The molecular formula is C14H25NS. The fraction of sp³-hybridized carbons (Fsp3) is 0.929. The van der Waals surface area contributed by atoms with Gasteiger partial charge in [0.1, 0.15) is 0 Å². The van der Waals surface area contributed by atoms with Gasteiger partial charge in [0, 0.05) is 18.5 Å². The lowest BCUT2D eigenvalue weighted by Crippen LogP contribution is -2.50. The summed E-state index contributed by atoms with van der Waals surface area (Å²) in [6, 6.07) is 0.586. The number of thiocarbonyl (C=S) groups is 1. The maximum atomic E-state index is 5.70. The minimum Gasteiger partial charge on any atom is -0.363 e. The van der Waals surface area contributed by atoms with Crippen LogP contribution >= 0.6 is 12.2 Å². The van der Waals surface area contributed by atoms with Gasteiger partial charge in [0.25, 0.3) is 0 Å². The van der Waals surface area contributed by atoms with Crippen molar-refractivity contribution in [1.82, 2.24) is 4.90 Å². The van der Waals surface area contributed by atoms with Crippen molar-refractivity contribution < 1.29 is 0 Å². The molecule has 0 aromatic carbocycles. The average molecular weight is 239 g/mol. The van der Waals surface area contributed by atoms with Crippen LogP contribution in [0.4, 0.5) is 0 Å². The topological polar surface area (TPSA) is 3.24 Å². The van der Waals surface area contributed by atoms with E-state index in [0.29, 0.717) is 17.4 Å². The second kappa shape index (κ2) is 4.29. The fourth-order valence-corrected chi connectivity index (χ4v) is 4.12. The van der Waals surface area contributed by atoms with E-state index in [4.69, 9.17) is 12.2 Å². The van der Waals surface area contributed by atoms with E-state index in [0.717, 1.165) is 5.92 Å². The Morgan fingerprint density at radius 1 is 1.31 bits per heavy atom. The van der Waals surface area contributed by atoms with Crippen molar-refractivity contribution >= 4 is 17.2 Å². The van der Waals surface area contributed by atoms with Gasteiger partial charge < -0.3 is 4.90 Å². The molecule has 0 amide bonds. The predicted octanol–water partition coefficient (Wildman–Crippen LogP) is 3.87. The molecule has 1 nitrogen and oxygen atoms in total. The predicted molar refractivity (Wildman–Crippen MR) is 73.7 cm³/mol. The lowest BCUT2D eigenvalue weighted by molar-refractivity contribution is 0.108. The van der Waals surface area contributed by atoms with E-state index < -0.39 is 0 Å². The molecule has 1 aliphatic heterocycles. The van der Waals surface area contributed by atoms with Gasteiger partial charge in [-0.15, -0.1) is 0 Å². The van der Waals surface area contributed by atoms with Crippen LogP contribution in [-0.4, -0.2) is 22.5 Å². The zero-order valence-electron chi connectivity index (χ0n) is 11.1. The Morgan fingerprint density at radius 2 is 2.00 bits per heavy atom. The van der Waals surface area contributed by atoms with Crippen molar-refractivity contribution in [3.05, 3.63) is 0 Å². The summed E-state index contributed by atoms with van der Waals surface area (Å²) in [6.45, 7) is 10.6. The monoisotopic (exact) mass is 239 g/mol. The maximum Gasteiger partial charge on any atom is 0.0815 e. The largest absolute Gasteiger partial charge is 0.363 e. The molecule has 0 N–H and O–H groups in total. The molecule has 16 heavy (non-hydrogen) atoms. The molecule has 1 saturated carbocycles. The molecule has 1 saturated heterocycles. The minimum absolute atomic E-state index is 0.552. The molecule has 0 radical (unpaired) electrons. The summed E-state index contributed by atoms with van der Waals surface area (Å²) in [5.74, 6) is 1.57. The molecule has 2 unspecified atom stereocenters. The van der Waals surface area contributed by atoms with Gasteiger partial charge in [-0.2, -0.15) is 0 Å². The molecule has 1 aliphatic carbocycles. The first-order valence-electron chi connectivity index (χ1n) is 6.71. The third-order valence-electron chi connectivity index (χ3n) is 4.48. The first-order chi connectivity index (χ1) is 7.41. The standard InChI is InChI=1S/C14H25NS/c1-10(2)15-8-6-11-9-14(3,4)7-5-12(11)13(15)16/h10-12H,5-9H2,1-4H3. The smallest absolute Gasteiger partial charge is 0.0815 e. The van der Waals surface area contributed by atoms with Crippen molar-refractivity contribution in [2.24, 2.45) is 17.3 Å². The van der Waals surface area contributed by atoms with Crippen LogP contribution in [0.3, 0.4) is 0 Å². The molecule has 0 aromatic heterocycles. The maximum absolute atomic E-state index is 5.70. The highest BCUT2D eigenvalue weighted by Gasteiger charge is 2.41. The highest BCUT2D eigenvalue weighted by Crippen LogP contribution is 2.46. The summed E-state index contributed by atoms with van der Waals surface area (Å²) in [5, 5.41) is 0. The second-order valence-electron chi connectivity index (χ2n) is 6.69. The van der Waals surface area contributed by atoms with Crippen LogP contribution in [0.1, 0.15) is 53.4 Å². The van der Waals surface area contributed by atoms with Crippen molar-refractivity contribution in [2.45, 2.75) is 59.4 Å². The molecule has 2 atom stereocenters. The van der Waals surface area contributed by atoms with Crippen LogP contribution in [0.15, 0.2) is 0 Å². The van der Waals surface area contributed by atoms with Crippen LogP contribution < -0.4 is 0 Å². The van der Waals surface area contributed by atoms with E-state index in [9.17, 15) is 0 Å². The van der Waals surface area contributed by atoms with Crippen molar-refractivity contribution in [1.29, 1.82) is 0 Å². The number of rotatable bonds is 1. The van der Waals surface area contributed by atoms with Gasteiger partial charge in [-0.05, 0) is 50.9 Å². The molecule has 0 spiro atoms. The van der Waals surface area contributed by atoms with Crippen LogP contribution in [0.5, 0.6) is 0 Å². The van der Waals surface area contributed by atoms with E-state index in [1.165, 1.54) is 37.2 Å². The lowest BCUT2D eigenvalue weighted by Gasteiger charge is -2.48. The number of hydrogen-bond acceptors (Lipinski definition) is 1. The van der Waals surface area contributed by atoms with Crippen molar-refractivity contribution in [2.75, 3.05) is 6.54 Å². The normalized spacial score (nSPS) is 34.1. The summed E-state index contributed by atoms with van der Waals surface area (Å²) in [7, 11) is 0. The zero-order chi connectivity index (χ0) is 11.9. The number of piperidine rings is 1. The van der Waals surface area contributed by atoms with Gasteiger partial charge in [0.05, 0.1) is 4.99 Å². The fourth-order valence-electron chi connectivity index (χ4n) is 3.51. The third kappa shape index (κ3) is 2.27. The van der Waals surface area contributed by atoms with Crippen molar-refractivity contribution in [3.8, 4) is 0 Å². The number of hydrogen-bond donors (Lipinski definition) is 0. The van der Waals surface area contributed by atoms with E-state index in [1.807, 2.05) is 0 Å². The van der Waals surface area contributed by atoms with Crippen LogP contribution in [0.25, 0.3) is 0 Å². The third-order valence-corrected chi connectivity index (χ3v) is 5.02. The Labute approximate surface area is 106 Å². The molecule has 2 aliphatic rings. The molecule has 2 heteroatoms. The Balaban J connectivity index is 2.08. The van der Waals surface area contributed by atoms with Crippen molar-refractivity contribution in [3.63, 3.8) is 0 Å². The highest BCUT2D eigenvalue weighted by molar-refractivity contribution is 7.80. The highest BCUT2D eigenvalue weighted by atomic mass is 32.1. The summed E-state index contributed by atoms with van der Waals surface area (Å²) < 4.78 is 0. The summed E-state index contributed by atoms with van der Waals surface area (Å²) in [5.41, 5.74) is 0.552. The quantitative estimate of drug-likeness (QED) is 0.639. The molecular weight excluding hydrogens is 214 g/mol. The van der Waals surface area contributed by atoms with E-state index >= 15 is 0 Å². The molecule has 0 aromatic rings. The first kappa shape index (κ1) is 12.3. The molecule has 0 bridgehead atoms. The van der Waals surface area contributed by atoms with E-state index in [-0.39, 0.29) is 0 Å². The second-order valence-corrected chi connectivity index (χ2v) is 7.11. The van der Waals surface area contributed by atoms with E-state index in [2.05, 4.69) is 32.6 Å². The SMILES string of the molecule is CC(C)N1CCC2CC(C)(C)CCC2C1=S. The molecule has 2 rings (SSSR count). The lowest BCUT2D eigenvalue weighted by atomic mass is 9.65. The Kier molecular flexibility index (Phi) is 3.31. The summed E-state index contributed by atoms with van der Waals surface area (Å²) in [6.07, 6.45) is 5.40. The Morgan fingerprint density at radius 3 is 2.62 bits per heavy atom. The summed E-state index contributed by atoms with van der Waals surface area (Å²) in [4.78, 5) is 3.72. The van der Waals surface area contributed by atoms with Crippen LogP contribution in [-0.2, 0) is 0 Å². The Hall–Kier alpha value is -0.110. The number of likely N-dealkylation sites (tertiary alicyclic amines) is 1. The van der Waals surface area contributed by atoms with Gasteiger partial charge in [-0.25, -0.2) is 0 Å². The van der Waals surface area contributed by atoms with Gasteiger partial charge in [-0.1, -0.05) is 26.1 Å². The van der Waals surface area contributed by atoms with Gasteiger partial charge in [0.2, 0.25) is 0 Å².